The van der Waals surface area contributed by atoms with E-state index in [-0.39, 0.29) is 23.1 Å². The first kappa shape index (κ1) is 15.3. The molecule has 4 rings (SSSR count). The minimum atomic E-state index is -0.425. The van der Waals surface area contributed by atoms with Crippen LogP contribution in [0.2, 0.25) is 0 Å². The lowest BCUT2D eigenvalue weighted by atomic mass is 9.97. The molecular weight excluding hydrogens is 309 g/mol. The summed E-state index contributed by atoms with van der Waals surface area (Å²) in [6.45, 7) is 0. The molecule has 0 radical (unpaired) electrons. The van der Waals surface area contributed by atoms with Gasteiger partial charge in [-0.25, -0.2) is 4.39 Å². The molecule has 2 aromatic rings. The van der Waals surface area contributed by atoms with Crippen molar-refractivity contribution in [2.45, 2.75) is 43.8 Å². The standard InChI is InChI=1S/C18H20FN3O2/c1-22(13-7-11-3-4-12(8-13)20-11)18(24)15-9-17(23)21-16-5-2-10(19)6-14(15)16/h2,5-6,9,11-13,20H,3-4,7-8H2,1H3,(H,21,23). The molecular formula is C18H20FN3O2. The fraction of sp³-hybridized carbons (Fsp3) is 0.444. The van der Waals surface area contributed by atoms with Crippen molar-refractivity contribution in [1.29, 1.82) is 0 Å². The monoisotopic (exact) mass is 329 g/mol. The van der Waals surface area contributed by atoms with Crippen LogP contribution in [0.25, 0.3) is 10.9 Å². The zero-order chi connectivity index (χ0) is 16.8. The van der Waals surface area contributed by atoms with Crippen LogP contribution in [0.5, 0.6) is 0 Å². The topological polar surface area (TPSA) is 65.2 Å². The summed E-state index contributed by atoms with van der Waals surface area (Å²) in [5, 5.41) is 4.01. The Kier molecular flexibility index (Phi) is 3.64. The summed E-state index contributed by atoms with van der Waals surface area (Å²) >= 11 is 0. The van der Waals surface area contributed by atoms with Crippen molar-refractivity contribution in [1.82, 2.24) is 15.2 Å². The van der Waals surface area contributed by atoms with Crippen LogP contribution in [0.15, 0.2) is 29.1 Å². The molecule has 5 nitrogen and oxygen atoms in total. The van der Waals surface area contributed by atoms with E-state index in [9.17, 15) is 14.0 Å². The molecule has 2 aliphatic rings. The van der Waals surface area contributed by atoms with Gasteiger partial charge in [0.1, 0.15) is 5.82 Å². The number of carbonyl (C=O) groups excluding carboxylic acids is 1. The average Bonchev–Trinajstić information content (AvgIpc) is 2.91. The highest BCUT2D eigenvalue weighted by Crippen LogP contribution is 2.30. The van der Waals surface area contributed by atoms with Crippen LogP contribution in [0.3, 0.4) is 0 Å². The van der Waals surface area contributed by atoms with E-state index in [2.05, 4.69) is 10.3 Å². The van der Waals surface area contributed by atoms with Gasteiger partial charge >= 0.3 is 0 Å². The predicted molar refractivity (Wildman–Crippen MR) is 89.6 cm³/mol. The van der Waals surface area contributed by atoms with E-state index in [1.807, 2.05) is 0 Å². The SMILES string of the molecule is CN(C(=O)c1cc(=O)[nH]c2ccc(F)cc12)C1CC2CCC(C1)N2. The number of benzene rings is 1. The molecule has 126 valence electrons. The molecule has 6 heteroatoms. The van der Waals surface area contributed by atoms with Gasteiger partial charge in [0.15, 0.2) is 0 Å². The molecule has 2 aliphatic heterocycles. The Hall–Kier alpha value is -2.21. The molecule has 2 fully saturated rings. The first-order chi connectivity index (χ1) is 11.5. The minimum absolute atomic E-state index is 0.152. The molecule has 2 saturated heterocycles. The fourth-order valence-electron chi connectivity index (χ4n) is 4.10. The first-order valence-corrected chi connectivity index (χ1v) is 8.37. The Morgan fingerprint density at radius 3 is 2.62 bits per heavy atom. The third kappa shape index (κ3) is 2.60. The van der Waals surface area contributed by atoms with Gasteiger partial charge in [0.2, 0.25) is 5.56 Å². The van der Waals surface area contributed by atoms with E-state index in [1.54, 1.807) is 11.9 Å². The van der Waals surface area contributed by atoms with E-state index in [0.29, 0.717) is 23.0 Å². The number of piperidine rings is 1. The van der Waals surface area contributed by atoms with Gasteiger partial charge in [-0.05, 0) is 43.9 Å². The van der Waals surface area contributed by atoms with Gasteiger partial charge in [-0.1, -0.05) is 0 Å². The smallest absolute Gasteiger partial charge is 0.254 e. The van der Waals surface area contributed by atoms with E-state index in [4.69, 9.17) is 0 Å². The van der Waals surface area contributed by atoms with Crippen LogP contribution in [0, 0.1) is 5.82 Å². The number of H-pyrrole nitrogens is 1. The molecule has 1 amide bonds. The van der Waals surface area contributed by atoms with Gasteiger partial charge in [0.05, 0.1) is 5.56 Å². The van der Waals surface area contributed by atoms with Gasteiger partial charge < -0.3 is 15.2 Å². The summed E-state index contributed by atoms with van der Waals surface area (Å²) in [5.41, 5.74) is 0.392. The highest BCUT2D eigenvalue weighted by molar-refractivity contribution is 6.06. The molecule has 1 aromatic heterocycles. The lowest BCUT2D eigenvalue weighted by molar-refractivity contribution is 0.0683. The number of carbonyl (C=O) groups is 1. The summed E-state index contributed by atoms with van der Waals surface area (Å²) in [7, 11) is 1.78. The zero-order valence-electron chi connectivity index (χ0n) is 13.5. The third-order valence-electron chi connectivity index (χ3n) is 5.35. The van der Waals surface area contributed by atoms with Crippen LogP contribution in [0.4, 0.5) is 4.39 Å². The van der Waals surface area contributed by atoms with Crippen LogP contribution in [0.1, 0.15) is 36.0 Å². The highest BCUT2D eigenvalue weighted by Gasteiger charge is 2.36. The first-order valence-electron chi connectivity index (χ1n) is 8.37. The average molecular weight is 329 g/mol. The van der Waals surface area contributed by atoms with Crippen molar-refractivity contribution in [2.75, 3.05) is 7.05 Å². The van der Waals surface area contributed by atoms with Gasteiger partial charge in [0.25, 0.3) is 5.91 Å². The van der Waals surface area contributed by atoms with Crippen LogP contribution in [-0.2, 0) is 0 Å². The Bertz CT molecular complexity index is 851. The second kappa shape index (κ2) is 5.70. The van der Waals surface area contributed by atoms with Crippen molar-refractivity contribution in [3.8, 4) is 0 Å². The fourth-order valence-corrected chi connectivity index (χ4v) is 4.10. The number of rotatable bonds is 2. The third-order valence-corrected chi connectivity index (χ3v) is 5.35. The largest absolute Gasteiger partial charge is 0.339 e. The summed E-state index contributed by atoms with van der Waals surface area (Å²) in [6.07, 6.45) is 4.16. The lowest BCUT2D eigenvalue weighted by Crippen LogP contribution is -2.48. The lowest BCUT2D eigenvalue weighted by Gasteiger charge is -2.35. The number of aromatic amines is 1. The van der Waals surface area contributed by atoms with E-state index in [0.717, 1.165) is 25.7 Å². The maximum Gasteiger partial charge on any atom is 0.254 e. The van der Waals surface area contributed by atoms with E-state index < -0.39 is 5.82 Å². The molecule has 2 atom stereocenters. The molecule has 1 aromatic carbocycles. The van der Waals surface area contributed by atoms with Gasteiger partial charge in [0, 0.05) is 42.1 Å². The number of amides is 1. The molecule has 2 bridgehead atoms. The number of nitrogens with one attached hydrogen (secondary N) is 2. The van der Waals surface area contributed by atoms with Crippen molar-refractivity contribution >= 4 is 16.8 Å². The Labute approximate surface area is 138 Å². The van der Waals surface area contributed by atoms with Crippen LogP contribution in [-0.4, -0.2) is 41.0 Å². The number of halogens is 1. The van der Waals surface area contributed by atoms with Crippen molar-refractivity contribution < 1.29 is 9.18 Å². The number of aromatic nitrogens is 1. The number of pyridine rings is 1. The zero-order valence-corrected chi connectivity index (χ0v) is 13.5. The van der Waals surface area contributed by atoms with Gasteiger partial charge in [-0.2, -0.15) is 0 Å². The van der Waals surface area contributed by atoms with Crippen LogP contribution >= 0.6 is 0 Å². The van der Waals surface area contributed by atoms with Gasteiger partial charge in [-0.15, -0.1) is 0 Å². The Morgan fingerprint density at radius 1 is 1.21 bits per heavy atom. The normalized spacial score (nSPS) is 25.8. The quantitative estimate of drug-likeness (QED) is 0.886. The van der Waals surface area contributed by atoms with Crippen molar-refractivity contribution in [2.24, 2.45) is 0 Å². The molecule has 0 saturated carbocycles. The van der Waals surface area contributed by atoms with Crippen molar-refractivity contribution in [3.63, 3.8) is 0 Å². The number of hydrogen-bond donors (Lipinski definition) is 2. The molecule has 0 spiro atoms. The van der Waals surface area contributed by atoms with Crippen molar-refractivity contribution in [3.05, 3.63) is 46.0 Å². The molecule has 0 aliphatic carbocycles. The number of fused-ring (bicyclic) bond motifs is 3. The molecule has 2 unspecified atom stereocenters. The Morgan fingerprint density at radius 2 is 1.92 bits per heavy atom. The highest BCUT2D eigenvalue weighted by atomic mass is 19.1. The maximum absolute atomic E-state index is 13.6. The van der Waals surface area contributed by atoms with E-state index >= 15 is 0 Å². The molecule has 24 heavy (non-hydrogen) atoms. The second-order valence-electron chi connectivity index (χ2n) is 6.92. The Balaban J connectivity index is 1.70. The predicted octanol–water partition coefficient (Wildman–Crippen LogP) is 2.02. The summed E-state index contributed by atoms with van der Waals surface area (Å²) in [5.74, 6) is -0.644. The summed E-state index contributed by atoms with van der Waals surface area (Å²) in [6, 6.07) is 6.44. The molecule has 3 heterocycles. The second-order valence-corrected chi connectivity index (χ2v) is 6.92. The minimum Gasteiger partial charge on any atom is -0.339 e. The number of nitrogens with zero attached hydrogens (tertiary/aromatic N) is 1. The van der Waals surface area contributed by atoms with Gasteiger partial charge in [-0.3, -0.25) is 9.59 Å². The summed E-state index contributed by atoms with van der Waals surface area (Å²) < 4.78 is 13.6. The maximum atomic E-state index is 13.6. The van der Waals surface area contributed by atoms with E-state index in [1.165, 1.54) is 24.3 Å². The number of hydrogen-bond acceptors (Lipinski definition) is 3. The van der Waals surface area contributed by atoms with Crippen LogP contribution < -0.4 is 10.9 Å². The molecule has 2 N–H and O–H groups in total. The summed E-state index contributed by atoms with van der Waals surface area (Å²) in [4.78, 5) is 29.2.